The van der Waals surface area contributed by atoms with Gasteiger partial charge >= 0.3 is 0 Å². The van der Waals surface area contributed by atoms with Crippen molar-refractivity contribution in [1.29, 1.82) is 0 Å². The molecule has 0 aliphatic heterocycles. The summed E-state index contributed by atoms with van der Waals surface area (Å²) in [6, 6.07) is 20.2. The third-order valence-electron chi connectivity index (χ3n) is 6.43. The molecule has 0 aromatic heterocycles. The lowest BCUT2D eigenvalue weighted by molar-refractivity contribution is -0.139. The summed E-state index contributed by atoms with van der Waals surface area (Å²) in [6.45, 7) is 7.76. The lowest BCUT2D eigenvalue weighted by Crippen LogP contribution is -2.51. The highest BCUT2D eigenvalue weighted by Crippen LogP contribution is 2.26. The van der Waals surface area contributed by atoms with Gasteiger partial charge in [-0.1, -0.05) is 76.8 Å². The molecule has 39 heavy (non-hydrogen) atoms. The van der Waals surface area contributed by atoms with Crippen molar-refractivity contribution in [1.82, 2.24) is 10.2 Å². The van der Waals surface area contributed by atoms with Crippen molar-refractivity contribution in [3.8, 4) is 0 Å². The van der Waals surface area contributed by atoms with Gasteiger partial charge in [0.1, 0.15) is 12.6 Å². The summed E-state index contributed by atoms with van der Waals surface area (Å²) >= 11 is 3.39. The van der Waals surface area contributed by atoms with Crippen LogP contribution < -0.4 is 9.62 Å². The average molecular weight is 615 g/mol. The maximum Gasteiger partial charge on any atom is 0.264 e. The molecule has 2 amide bonds. The first kappa shape index (κ1) is 30.4. The van der Waals surface area contributed by atoms with Gasteiger partial charge in [0.2, 0.25) is 11.8 Å². The normalized spacial score (nSPS) is 12.0. The molecule has 0 aliphatic carbocycles. The predicted octanol–water partition coefficient (Wildman–Crippen LogP) is 5.59. The Morgan fingerprint density at radius 3 is 2.23 bits per heavy atom. The van der Waals surface area contributed by atoms with Crippen molar-refractivity contribution < 1.29 is 18.0 Å². The number of anilines is 1. The maximum absolute atomic E-state index is 13.9. The Morgan fingerprint density at radius 1 is 0.949 bits per heavy atom. The lowest BCUT2D eigenvalue weighted by atomic mass is 10.1. The minimum atomic E-state index is -4.09. The van der Waals surface area contributed by atoms with Crippen molar-refractivity contribution in [2.75, 3.05) is 17.4 Å². The highest BCUT2D eigenvalue weighted by Gasteiger charge is 2.32. The minimum absolute atomic E-state index is 0.0828. The number of nitrogens with one attached hydrogen (secondary N) is 1. The molecular weight excluding hydrogens is 578 g/mol. The standard InChI is InChI=1S/C30H36BrN3O4S/c1-5-6-18-32-30(36)24(4)33(20-25-9-7-8-23(3)19-25)29(35)21-34(27-14-12-26(31)13-15-27)39(37,38)28-16-10-22(2)11-17-28/h7-17,19,24H,5-6,18,20-21H2,1-4H3,(H,32,36)/t24-/m1/s1. The van der Waals surface area contributed by atoms with E-state index in [1.54, 1.807) is 43.3 Å². The van der Waals surface area contributed by atoms with E-state index in [9.17, 15) is 18.0 Å². The molecule has 0 spiro atoms. The number of aryl methyl sites for hydroxylation is 2. The Bertz CT molecular complexity index is 1380. The predicted molar refractivity (Wildman–Crippen MR) is 159 cm³/mol. The molecule has 3 aromatic rings. The molecule has 0 aliphatic rings. The zero-order chi connectivity index (χ0) is 28.6. The van der Waals surface area contributed by atoms with Crippen molar-refractivity contribution in [2.24, 2.45) is 0 Å². The smallest absolute Gasteiger partial charge is 0.264 e. The lowest BCUT2D eigenvalue weighted by Gasteiger charge is -2.32. The van der Waals surface area contributed by atoms with E-state index in [2.05, 4.69) is 21.2 Å². The van der Waals surface area contributed by atoms with E-state index in [0.717, 1.165) is 38.3 Å². The molecule has 0 bridgehead atoms. The van der Waals surface area contributed by atoms with Crippen molar-refractivity contribution >= 4 is 43.5 Å². The molecule has 0 heterocycles. The third-order valence-corrected chi connectivity index (χ3v) is 8.75. The van der Waals surface area contributed by atoms with Gasteiger partial charge < -0.3 is 10.2 Å². The average Bonchev–Trinajstić information content (AvgIpc) is 2.90. The van der Waals surface area contributed by atoms with E-state index in [0.29, 0.717) is 12.2 Å². The Kier molecular flexibility index (Phi) is 10.7. The van der Waals surface area contributed by atoms with Gasteiger partial charge in [0.05, 0.1) is 10.6 Å². The Hall–Kier alpha value is -3.17. The number of unbranched alkanes of at least 4 members (excludes halogenated alkanes) is 1. The summed E-state index contributed by atoms with van der Waals surface area (Å²) in [7, 11) is -4.09. The van der Waals surface area contributed by atoms with Crippen LogP contribution in [0.2, 0.25) is 0 Å². The first-order valence-electron chi connectivity index (χ1n) is 13.0. The number of hydrogen-bond donors (Lipinski definition) is 1. The van der Waals surface area contributed by atoms with E-state index >= 15 is 0 Å². The highest BCUT2D eigenvalue weighted by molar-refractivity contribution is 9.10. The first-order chi connectivity index (χ1) is 18.5. The van der Waals surface area contributed by atoms with Crippen LogP contribution in [0.5, 0.6) is 0 Å². The number of sulfonamides is 1. The number of rotatable bonds is 12. The van der Waals surface area contributed by atoms with E-state index in [1.807, 2.05) is 45.0 Å². The van der Waals surface area contributed by atoms with Gasteiger partial charge in [0, 0.05) is 17.6 Å². The van der Waals surface area contributed by atoms with Crippen LogP contribution in [0.1, 0.15) is 43.4 Å². The summed E-state index contributed by atoms with van der Waals surface area (Å²) < 4.78 is 29.6. The Morgan fingerprint density at radius 2 is 1.62 bits per heavy atom. The topological polar surface area (TPSA) is 86.8 Å². The highest BCUT2D eigenvalue weighted by atomic mass is 79.9. The molecule has 0 saturated heterocycles. The van der Waals surface area contributed by atoms with E-state index in [1.165, 1.54) is 17.0 Å². The number of amides is 2. The minimum Gasteiger partial charge on any atom is -0.354 e. The molecule has 0 saturated carbocycles. The van der Waals surface area contributed by atoms with Crippen molar-refractivity contribution in [3.63, 3.8) is 0 Å². The molecule has 0 fully saturated rings. The number of nitrogens with zero attached hydrogens (tertiary/aromatic N) is 2. The third kappa shape index (κ3) is 8.16. The first-order valence-corrected chi connectivity index (χ1v) is 15.2. The van der Waals surface area contributed by atoms with Gasteiger partial charge in [-0.25, -0.2) is 8.42 Å². The molecular formula is C30H36BrN3O4S. The van der Waals surface area contributed by atoms with Gasteiger partial charge in [-0.2, -0.15) is 0 Å². The molecule has 7 nitrogen and oxygen atoms in total. The number of hydrogen-bond acceptors (Lipinski definition) is 4. The fraction of sp³-hybridized carbons (Fsp3) is 0.333. The van der Waals surface area contributed by atoms with Crippen LogP contribution in [0.15, 0.2) is 82.2 Å². The SMILES string of the molecule is CCCCNC(=O)[C@@H](C)N(Cc1cccc(C)c1)C(=O)CN(c1ccc(Br)cc1)S(=O)(=O)c1ccc(C)cc1. The van der Waals surface area contributed by atoms with Gasteiger partial charge in [0.25, 0.3) is 10.0 Å². The number of carbonyl (C=O) groups excluding carboxylic acids is 2. The van der Waals surface area contributed by atoms with E-state index < -0.39 is 28.5 Å². The molecule has 0 unspecified atom stereocenters. The fourth-order valence-corrected chi connectivity index (χ4v) is 5.78. The number of carbonyl (C=O) groups is 2. The molecule has 0 radical (unpaired) electrons. The quantitative estimate of drug-likeness (QED) is 0.270. The molecule has 9 heteroatoms. The van der Waals surface area contributed by atoms with Gasteiger partial charge in [-0.05, 0) is 69.2 Å². The molecule has 1 N–H and O–H groups in total. The molecule has 208 valence electrons. The Labute approximate surface area is 240 Å². The van der Waals surface area contributed by atoms with Gasteiger partial charge in [-0.15, -0.1) is 0 Å². The van der Waals surface area contributed by atoms with Crippen LogP contribution in [0, 0.1) is 13.8 Å². The molecule has 3 aromatic carbocycles. The Balaban J connectivity index is 1.99. The molecule has 3 rings (SSSR count). The number of benzene rings is 3. The number of halogens is 1. The maximum atomic E-state index is 13.9. The summed E-state index contributed by atoms with van der Waals surface area (Å²) in [5, 5.41) is 2.90. The van der Waals surface area contributed by atoms with Crippen LogP contribution in [0.25, 0.3) is 0 Å². The zero-order valence-corrected chi connectivity index (χ0v) is 25.3. The van der Waals surface area contributed by atoms with E-state index in [-0.39, 0.29) is 17.3 Å². The van der Waals surface area contributed by atoms with Crippen LogP contribution in [0.3, 0.4) is 0 Å². The summed E-state index contributed by atoms with van der Waals surface area (Å²) in [4.78, 5) is 28.5. The van der Waals surface area contributed by atoms with Crippen molar-refractivity contribution in [3.05, 3.63) is 94.0 Å². The van der Waals surface area contributed by atoms with E-state index in [4.69, 9.17) is 0 Å². The molecule has 1 atom stereocenters. The second-order valence-corrected chi connectivity index (χ2v) is 12.4. The summed E-state index contributed by atoms with van der Waals surface area (Å²) in [6.07, 6.45) is 1.76. The van der Waals surface area contributed by atoms with Crippen LogP contribution >= 0.6 is 15.9 Å². The van der Waals surface area contributed by atoms with Crippen LogP contribution in [0.4, 0.5) is 5.69 Å². The summed E-state index contributed by atoms with van der Waals surface area (Å²) in [5.74, 6) is -0.755. The van der Waals surface area contributed by atoms with Crippen LogP contribution in [-0.2, 0) is 26.2 Å². The fourth-order valence-electron chi connectivity index (χ4n) is 4.10. The zero-order valence-electron chi connectivity index (χ0n) is 22.9. The summed E-state index contributed by atoms with van der Waals surface area (Å²) in [5.41, 5.74) is 3.15. The van der Waals surface area contributed by atoms with Gasteiger partial charge in [0.15, 0.2) is 0 Å². The largest absolute Gasteiger partial charge is 0.354 e. The monoisotopic (exact) mass is 613 g/mol. The van der Waals surface area contributed by atoms with Crippen LogP contribution in [-0.4, -0.2) is 44.3 Å². The van der Waals surface area contributed by atoms with Crippen molar-refractivity contribution in [2.45, 2.75) is 58.0 Å². The van der Waals surface area contributed by atoms with Gasteiger partial charge in [-0.3, -0.25) is 13.9 Å². The second kappa shape index (κ2) is 13.8. The second-order valence-electron chi connectivity index (χ2n) is 9.63.